The van der Waals surface area contributed by atoms with E-state index in [2.05, 4.69) is 15.1 Å². The van der Waals surface area contributed by atoms with Crippen LogP contribution < -0.4 is 5.56 Å². The summed E-state index contributed by atoms with van der Waals surface area (Å²) in [6, 6.07) is 7.37. The summed E-state index contributed by atoms with van der Waals surface area (Å²) >= 11 is 0. The van der Waals surface area contributed by atoms with Crippen LogP contribution in [-0.2, 0) is 7.05 Å². The third-order valence-corrected chi connectivity index (χ3v) is 3.96. The lowest BCUT2D eigenvalue weighted by Gasteiger charge is -2.10. The number of H-pyrrole nitrogens is 1. The fourth-order valence-corrected chi connectivity index (χ4v) is 2.76. The molecule has 1 N–H and O–H groups in total. The zero-order chi connectivity index (χ0) is 16.0. The van der Waals surface area contributed by atoms with Crippen LogP contribution >= 0.6 is 0 Å². The molecule has 4 aromatic rings. The van der Waals surface area contributed by atoms with Gasteiger partial charge >= 0.3 is 0 Å². The van der Waals surface area contributed by atoms with Gasteiger partial charge in [0.2, 0.25) is 0 Å². The summed E-state index contributed by atoms with van der Waals surface area (Å²) in [5.41, 5.74) is 5.43. The second kappa shape index (κ2) is 4.95. The Balaban J connectivity index is 1.92. The highest BCUT2D eigenvalue weighted by Gasteiger charge is 2.10. The highest BCUT2D eigenvalue weighted by Crippen LogP contribution is 2.23. The number of aromatic amines is 1. The maximum atomic E-state index is 12.4. The van der Waals surface area contributed by atoms with Crippen LogP contribution in [0.3, 0.4) is 0 Å². The van der Waals surface area contributed by atoms with Gasteiger partial charge in [-0.25, -0.2) is 4.98 Å². The number of imidazole rings is 1. The molecule has 0 saturated heterocycles. The van der Waals surface area contributed by atoms with Crippen LogP contribution in [0.25, 0.3) is 27.8 Å². The molecule has 1 aromatic carbocycles. The number of nitrogens with zero attached hydrogens (tertiary/aromatic N) is 4. The molecule has 114 valence electrons. The molecule has 0 aliphatic rings. The minimum Gasteiger partial charge on any atom is -0.345 e. The van der Waals surface area contributed by atoms with Crippen molar-refractivity contribution in [2.24, 2.45) is 7.05 Å². The first kappa shape index (κ1) is 13.5. The van der Waals surface area contributed by atoms with Crippen molar-refractivity contribution >= 4 is 11.0 Å². The van der Waals surface area contributed by atoms with Crippen molar-refractivity contribution in [3.8, 4) is 16.8 Å². The van der Waals surface area contributed by atoms with E-state index >= 15 is 0 Å². The van der Waals surface area contributed by atoms with Gasteiger partial charge in [0.15, 0.2) is 0 Å². The van der Waals surface area contributed by atoms with Crippen LogP contribution in [0.15, 0.2) is 54.0 Å². The highest BCUT2D eigenvalue weighted by atomic mass is 16.1. The lowest BCUT2D eigenvalue weighted by molar-refractivity contribution is 0.768. The smallest absolute Gasteiger partial charge is 0.255 e. The Bertz CT molecular complexity index is 1070. The maximum absolute atomic E-state index is 12.4. The van der Waals surface area contributed by atoms with E-state index in [4.69, 9.17) is 0 Å². The molecule has 3 heterocycles. The quantitative estimate of drug-likeness (QED) is 0.618. The van der Waals surface area contributed by atoms with Crippen LogP contribution in [0.4, 0.5) is 0 Å². The molecule has 4 rings (SSSR count). The number of aromatic nitrogens is 5. The van der Waals surface area contributed by atoms with Gasteiger partial charge in [0, 0.05) is 36.6 Å². The van der Waals surface area contributed by atoms with E-state index in [9.17, 15) is 4.79 Å². The molecule has 0 spiro atoms. The van der Waals surface area contributed by atoms with Gasteiger partial charge in [-0.2, -0.15) is 5.10 Å². The Kier molecular flexibility index (Phi) is 2.90. The molecule has 0 bridgehead atoms. The third kappa shape index (κ3) is 2.24. The largest absolute Gasteiger partial charge is 0.345 e. The summed E-state index contributed by atoms with van der Waals surface area (Å²) in [4.78, 5) is 19.7. The van der Waals surface area contributed by atoms with Crippen LogP contribution in [0, 0.1) is 6.92 Å². The van der Waals surface area contributed by atoms with Gasteiger partial charge in [0.1, 0.15) is 0 Å². The highest BCUT2D eigenvalue weighted by molar-refractivity contribution is 5.77. The molecule has 0 aliphatic carbocycles. The first-order valence-corrected chi connectivity index (χ1v) is 7.28. The van der Waals surface area contributed by atoms with E-state index in [-0.39, 0.29) is 5.56 Å². The van der Waals surface area contributed by atoms with Crippen LogP contribution in [0.1, 0.15) is 5.56 Å². The number of pyridine rings is 1. The molecule has 0 radical (unpaired) electrons. The fraction of sp³-hybridized carbons (Fsp3) is 0.118. The molecule has 0 amide bonds. The first-order valence-electron chi connectivity index (χ1n) is 7.28. The summed E-state index contributed by atoms with van der Waals surface area (Å²) in [6.07, 6.45) is 7.25. The van der Waals surface area contributed by atoms with Crippen LogP contribution in [0.5, 0.6) is 0 Å². The van der Waals surface area contributed by atoms with Crippen molar-refractivity contribution in [2.45, 2.75) is 6.92 Å². The minimum atomic E-state index is -0.0611. The van der Waals surface area contributed by atoms with Gasteiger partial charge in [-0.3, -0.25) is 14.0 Å². The van der Waals surface area contributed by atoms with E-state index in [1.165, 1.54) is 0 Å². The Labute approximate surface area is 132 Å². The van der Waals surface area contributed by atoms with Gasteiger partial charge < -0.3 is 4.98 Å². The Morgan fingerprint density at radius 3 is 2.83 bits per heavy atom. The molecule has 0 unspecified atom stereocenters. The molecule has 0 atom stereocenters. The van der Waals surface area contributed by atoms with Crippen molar-refractivity contribution in [3.63, 3.8) is 0 Å². The number of nitrogens with one attached hydrogen (secondary N) is 1. The van der Waals surface area contributed by atoms with Crippen molar-refractivity contribution < 1.29 is 0 Å². The summed E-state index contributed by atoms with van der Waals surface area (Å²) in [6.45, 7) is 1.94. The zero-order valence-electron chi connectivity index (χ0n) is 12.8. The number of fused-ring (bicyclic) bond motifs is 1. The molecular weight excluding hydrogens is 290 g/mol. The molecule has 0 aliphatic heterocycles. The van der Waals surface area contributed by atoms with Gasteiger partial charge in [-0.15, -0.1) is 0 Å². The average Bonchev–Trinajstić information content (AvgIpc) is 3.15. The molecular formula is C17H15N5O. The normalized spacial score (nSPS) is 11.2. The number of hydrogen-bond acceptors (Lipinski definition) is 3. The van der Waals surface area contributed by atoms with Crippen molar-refractivity contribution in [1.82, 2.24) is 24.3 Å². The van der Waals surface area contributed by atoms with E-state index < -0.39 is 0 Å². The molecule has 0 saturated carbocycles. The number of rotatable bonds is 2. The van der Waals surface area contributed by atoms with E-state index in [0.717, 1.165) is 33.4 Å². The van der Waals surface area contributed by atoms with Gasteiger partial charge in [-0.1, -0.05) is 0 Å². The van der Waals surface area contributed by atoms with Crippen molar-refractivity contribution in [3.05, 3.63) is 65.1 Å². The molecule has 3 aromatic heterocycles. The second-order valence-electron chi connectivity index (χ2n) is 5.59. The summed E-state index contributed by atoms with van der Waals surface area (Å²) in [5.74, 6) is 0. The van der Waals surface area contributed by atoms with Crippen molar-refractivity contribution in [1.29, 1.82) is 0 Å². The SMILES string of the molecule is Cc1cc(=O)n(-c2ccc3nc[nH]c3c2)cc1-c1cnn(C)c1. The van der Waals surface area contributed by atoms with Gasteiger partial charge in [0.25, 0.3) is 5.56 Å². The van der Waals surface area contributed by atoms with Gasteiger partial charge in [0.05, 0.1) is 29.2 Å². The number of aryl methyl sites for hydroxylation is 2. The van der Waals surface area contributed by atoms with Crippen molar-refractivity contribution in [2.75, 3.05) is 0 Å². The molecule has 0 fully saturated rings. The van der Waals surface area contributed by atoms with Crippen LogP contribution in [-0.4, -0.2) is 24.3 Å². The lowest BCUT2D eigenvalue weighted by atomic mass is 10.1. The predicted octanol–water partition coefficient (Wildman–Crippen LogP) is 2.42. The van der Waals surface area contributed by atoms with Gasteiger partial charge in [-0.05, 0) is 30.7 Å². The minimum absolute atomic E-state index is 0.0611. The first-order chi connectivity index (χ1) is 11.1. The standard InChI is InChI=1S/C17H15N5O/c1-11-5-17(23)22(9-14(11)12-7-20-21(2)8-12)13-3-4-15-16(6-13)19-10-18-15/h3-10H,1-2H3,(H,18,19). The maximum Gasteiger partial charge on any atom is 0.255 e. The molecule has 23 heavy (non-hydrogen) atoms. The van der Waals surface area contributed by atoms with E-state index in [0.29, 0.717) is 0 Å². The Morgan fingerprint density at radius 1 is 1.17 bits per heavy atom. The summed E-state index contributed by atoms with van der Waals surface area (Å²) in [7, 11) is 1.88. The monoisotopic (exact) mass is 305 g/mol. The fourth-order valence-electron chi connectivity index (χ4n) is 2.76. The number of benzene rings is 1. The average molecular weight is 305 g/mol. The number of hydrogen-bond donors (Lipinski definition) is 1. The summed E-state index contributed by atoms with van der Waals surface area (Å²) in [5, 5.41) is 4.21. The molecule has 6 nitrogen and oxygen atoms in total. The Hall–Kier alpha value is -3.15. The van der Waals surface area contributed by atoms with E-state index in [1.807, 2.05) is 44.6 Å². The second-order valence-corrected chi connectivity index (χ2v) is 5.59. The zero-order valence-corrected chi connectivity index (χ0v) is 12.8. The lowest BCUT2D eigenvalue weighted by Crippen LogP contribution is -2.17. The third-order valence-electron chi connectivity index (χ3n) is 3.96. The predicted molar refractivity (Wildman–Crippen MR) is 88.6 cm³/mol. The summed E-state index contributed by atoms with van der Waals surface area (Å²) < 4.78 is 3.40. The Morgan fingerprint density at radius 2 is 2.04 bits per heavy atom. The molecule has 6 heteroatoms. The van der Waals surface area contributed by atoms with Crippen LogP contribution in [0.2, 0.25) is 0 Å². The topological polar surface area (TPSA) is 68.5 Å². The van der Waals surface area contributed by atoms with E-state index in [1.54, 1.807) is 27.8 Å².